The van der Waals surface area contributed by atoms with Crippen LogP contribution in [0.15, 0.2) is 65.9 Å². The molecule has 0 unspecified atom stereocenters. The van der Waals surface area contributed by atoms with E-state index in [-0.39, 0.29) is 24.7 Å². The number of likely N-dealkylation sites (N-methyl/N-ethyl adjacent to an activating group) is 1. The lowest BCUT2D eigenvalue weighted by molar-refractivity contribution is -0.139. The molecular weight excluding hydrogens is 494 g/mol. The number of carbonyl (C=O) groups is 3. The summed E-state index contributed by atoms with van der Waals surface area (Å²) in [6, 6.07) is 15.2. The number of anilines is 1. The van der Waals surface area contributed by atoms with Gasteiger partial charge in [-0.15, -0.1) is 0 Å². The summed E-state index contributed by atoms with van der Waals surface area (Å²) < 4.78 is 5.41. The Hall–Kier alpha value is -3.56. The molecule has 0 aromatic heterocycles. The maximum atomic E-state index is 13.2. The minimum atomic E-state index is -0.688. The number of hydrogen-bond donors (Lipinski definition) is 2. The van der Waals surface area contributed by atoms with Crippen LogP contribution in [-0.2, 0) is 9.53 Å². The summed E-state index contributed by atoms with van der Waals surface area (Å²) in [5.74, 6) is -0.483. The van der Waals surface area contributed by atoms with Gasteiger partial charge in [-0.25, -0.2) is 14.4 Å². The summed E-state index contributed by atoms with van der Waals surface area (Å²) in [6.45, 7) is 5.98. The third kappa shape index (κ3) is 6.06. The molecule has 2 aliphatic heterocycles. The molecule has 0 saturated carbocycles. The average molecular weight is 526 g/mol. The molecule has 0 bridgehead atoms. The van der Waals surface area contributed by atoms with Crippen molar-refractivity contribution < 1.29 is 19.1 Å². The van der Waals surface area contributed by atoms with Crippen LogP contribution >= 0.6 is 11.6 Å². The molecular formula is C27H32ClN5O4. The number of hydrogen-bond acceptors (Lipinski definition) is 5. The molecule has 2 aromatic carbocycles. The molecule has 9 nitrogen and oxygen atoms in total. The smallest absolute Gasteiger partial charge is 0.338 e. The van der Waals surface area contributed by atoms with Gasteiger partial charge in [0.2, 0.25) is 0 Å². The molecule has 4 rings (SSSR count). The molecule has 2 aliphatic rings. The van der Waals surface area contributed by atoms with Crippen LogP contribution in [0.1, 0.15) is 25.5 Å². The number of ether oxygens (including phenoxy) is 1. The van der Waals surface area contributed by atoms with E-state index in [1.165, 1.54) is 4.90 Å². The highest BCUT2D eigenvalue weighted by Gasteiger charge is 2.38. The highest BCUT2D eigenvalue weighted by Crippen LogP contribution is 2.32. The van der Waals surface area contributed by atoms with Crippen LogP contribution in [0.5, 0.6) is 0 Å². The molecule has 37 heavy (non-hydrogen) atoms. The van der Waals surface area contributed by atoms with Crippen molar-refractivity contribution in [1.29, 1.82) is 0 Å². The van der Waals surface area contributed by atoms with E-state index in [9.17, 15) is 14.4 Å². The second-order valence-electron chi connectivity index (χ2n) is 9.15. The number of urea groups is 2. The number of nitrogens with zero attached hydrogens (tertiary/aromatic N) is 3. The van der Waals surface area contributed by atoms with Gasteiger partial charge in [0.15, 0.2) is 0 Å². The number of carbonyl (C=O) groups excluding carboxylic acids is 3. The molecule has 2 atom stereocenters. The third-order valence-corrected chi connectivity index (χ3v) is 6.86. The molecule has 1 saturated heterocycles. The molecule has 4 amide bonds. The summed E-state index contributed by atoms with van der Waals surface area (Å²) in [5.41, 5.74) is 2.39. The summed E-state index contributed by atoms with van der Waals surface area (Å²) >= 11 is 6.21. The Morgan fingerprint density at radius 1 is 1.14 bits per heavy atom. The van der Waals surface area contributed by atoms with Crippen molar-refractivity contribution in [2.45, 2.75) is 25.9 Å². The Balaban J connectivity index is 1.56. The van der Waals surface area contributed by atoms with Gasteiger partial charge in [0.25, 0.3) is 0 Å². The first kappa shape index (κ1) is 26.5. The van der Waals surface area contributed by atoms with Gasteiger partial charge in [0, 0.05) is 55.7 Å². The van der Waals surface area contributed by atoms with Crippen molar-refractivity contribution in [3.63, 3.8) is 0 Å². The van der Waals surface area contributed by atoms with Crippen LogP contribution in [0.2, 0.25) is 5.02 Å². The number of halogens is 1. The zero-order chi connectivity index (χ0) is 26.5. The van der Waals surface area contributed by atoms with Gasteiger partial charge in [0.05, 0.1) is 18.2 Å². The fraction of sp³-hybridized carbons (Fsp3) is 0.370. The normalized spacial score (nSPS) is 20.5. The number of nitrogens with one attached hydrogen (secondary N) is 2. The lowest BCUT2D eigenvalue weighted by Crippen LogP contribution is -2.56. The predicted octanol–water partition coefficient (Wildman–Crippen LogP) is 4.09. The van der Waals surface area contributed by atoms with E-state index in [2.05, 4.69) is 15.5 Å². The summed E-state index contributed by atoms with van der Waals surface area (Å²) in [6.07, 6.45) is 0. The van der Waals surface area contributed by atoms with Crippen LogP contribution in [0, 0.1) is 0 Å². The van der Waals surface area contributed by atoms with Crippen molar-refractivity contribution in [2.24, 2.45) is 0 Å². The van der Waals surface area contributed by atoms with E-state index < -0.39 is 12.0 Å². The second-order valence-corrected chi connectivity index (χ2v) is 9.59. The van der Waals surface area contributed by atoms with Gasteiger partial charge in [-0.1, -0.05) is 41.9 Å². The van der Waals surface area contributed by atoms with E-state index in [4.69, 9.17) is 16.3 Å². The van der Waals surface area contributed by atoms with Gasteiger partial charge >= 0.3 is 18.0 Å². The largest absolute Gasteiger partial charge is 0.463 e. The van der Waals surface area contributed by atoms with Crippen molar-refractivity contribution >= 4 is 35.3 Å². The number of esters is 1. The Labute approximate surface area is 222 Å². The van der Waals surface area contributed by atoms with Crippen LogP contribution in [0.3, 0.4) is 0 Å². The minimum absolute atomic E-state index is 0.0736. The summed E-state index contributed by atoms with van der Waals surface area (Å²) in [7, 11) is 1.64. The first-order valence-corrected chi connectivity index (χ1v) is 12.7. The van der Waals surface area contributed by atoms with E-state index in [0.717, 1.165) is 5.69 Å². The second kappa shape index (κ2) is 11.7. The number of para-hydroxylation sites is 1. The molecule has 2 heterocycles. The Kier molecular flexibility index (Phi) is 8.35. The topological polar surface area (TPSA) is 94.2 Å². The highest BCUT2D eigenvalue weighted by molar-refractivity contribution is 6.30. The number of benzene rings is 2. The van der Waals surface area contributed by atoms with Crippen LogP contribution in [0.25, 0.3) is 0 Å². The number of rotatable bonds is 6. The Morgan fingerprint density at radius 2 is 1.89 bits per heavy atom. The number of amides is 4. The van der Waals surface area contributed by atoms with Crippen LogP contribution in [-0.4, -0.2) is 78.6 Å². The third-order valence-electron chi connectivity index (χ3n) is 6.63. The average Bonchev–Trinajstić information content (AvgIpc) is 2.87. The molecule has 0 radical (unpaired) electrons. The lowest BCUT2D eigenvalue weighted by Gasteiger charge is -2.42. The molecule has 2 N–H and O–H groups in total. The quantitative estimate of drug-likeness (QED) is 0.554. The van der Waals surface area contributed by atoms with Crippen molar-refractivity contribution in [3.05, 3.63) is 76.5 Å². The van der Waals surface area contributed by atoms with Crippen LogP contribution < -0.4 is 10.6 Å². The van der Waals surface area contributed by atoms with Gasteiger partial charge in [-0.3, -0.25) is 9.80 Å². The predicted molar refractivity (Wildman–Crippen MR) is 142 cm³/mol. The minimum Gasteiger partial charge on any atom is -0.463 e. The molecule has 0 spiro atoms. The zero-order valence-electron chi connectivity index (χ0n) is 21.2. The molecule has 196 valence electrons. The fourth-order valence-electron chi connectivity index (χ4n) is 4.74. The fourth-order valence-corrected chi connectivity index (χ4v) is 4.94. The Morgan fingerprint density at radius 3 is 2.57 bits per heavy atom. The standard InChI is InChI=1S/C27H32ClN5O4/c1-4-37-25(34)23-22(31(3)26(35)30-24(23)19-9-8-10-20(28)15-19)17-32-13-14-33(18(2)16-32)27(36)29-21-11-6-5-7-12-21/h5-12,15,18,24H,4,13-14,16-17H2,1-3H3,(H,29,36)(H,30,35)/t18-,24-/m0/s1. The van der Waals surface area contributed by atoms with E-state index >= 15 is 0 Å². The monoisotopic (exact) mass is 525 g/mol. The van der Waals surface area contributed by atoms with Gasteiger partial charge < -0.3 is 20.3 Å². The molecule has 10 heteroatoms. The van der Waals surface area contributed by atoms with Gasteiger partial charge in [-0.05, 0) is 43.7 Å². The highest BCUT2D eigenvalue weighted by atomic mass is 35.5. The molecule has 1 fully saturated rings. The van der Waals surface area contributed by atoms with Gasteiger partial charge in [0.1, 0.15) is 0 Å². The van der Waals surface area contributed by atoms with Crippen LogP contribution in [0.4, 0.5) is 15.3 Å². The van der Waals surface area contributed by atoms with Crippen molar-refractivity contribution in [2.75, 3.05) is 45.2 Å². The first-order valence-electron chi connectivity index (χ1n) is 12.3. The SMILES string of the molecule is CCOC(=O)C1=C(CN2CCN(C(=O)Nc3ccccc3)[C@@H](C)C2)N(C)C(=O)N[C@H]1c1cccc(Cl)c1. The van der Waals surface area contributed by atoms with E-state index in [1.807, 2.05) is 43.3 Å². The summed E-state index contributed by atoms with van der Waals surface area (Å²) in [5, 5.41) is 6.36. The van der Waals surface area contributed by atoms with E-state index in [1.54, 1.807) is 37.1 Å². The maximum Gasteiger partial charge on any atom is 0.338 e. The zero-order valence-corrected chi connectivity index (χ0v) is 22.0. The van der Waals surface area contributed by atoms with E-state index in [0.29, 0.717) is 48.0 Å². The molecule has 0 aliphatic carbocycles. The maximum absolute atomic E-state index is 13.2. The Bertz CT molecular complexity index is 1190. The van der Waals surface area contributed by atoms with Crippen molar-refractivity contribution in [1.82, 2.24) is 20.0 Å². The van der Waals surface area contributed by atoms with Crippen molar-refractivity contribution in [3.8, 4) is 0 Å². The first-order chi connectivity index (χ1) is 17.8. The molecule has 2 aromatic rings. The summed E-state index contributed by atoms with van der Waals surface area (Å²) in [4.78, 5) is 44.4. The number of piperazine rings is 1. The van der Waals surface area contributed by atoms with Gasteiger partial charge in [-0.2, -0.15) is 0 Å². The lowest BCUT2D eigenvalue weighted by atomic mass is 9.94.